The number of carbonyl (C=O) groups excluding carboxylic acids is 1. The third-order valence-electron chi connectivity index (χ3n) is 4.08. The molecule has 24 heavy (non-hydrogen) atoms. The number of fused-ring (bicyclic) bond motifs is 1. The number of hydrogen-bond acceptors (Lipinski definition) is 4. The first-order valence-electron chi connectivity index (χ1n) is 7.77. The fraction of sp³-hybridized carbons (Fsp3) is 0.353. The minimum absolute atomic E-state index is 0.0388. The van der Waals surface area contributed by atoms with Crippen LogP contribution in [0.1, 0.15) is 23.6 Å². The van der Waals surface area contributed by atoms with Gasteiger partial charge in [0.1, 0.15) is 11.6 Å². The van der Waals surface area contributed by atoms with Gasteiger partial charge < -0.3 is 14.6 Å². The molecule has 0 spiro atoms. The average molecular weight is 330 g/mol. The van der Waals surface area contributed by atoms with Crippen LogP contribution >= 0.6 is 0 Å². The Morgan fingerprint density at radius 2 is 2.29 bits per heavy atom. The maximum Gasteiger partial charge on any atom is 0.244 e. The van der Waals surface area contributed by atoms with Gasteiger partial charge in [0.25, 0.3) is 0 Å². The first-order valence-corrected chi connectivity index (χ1v) is 7.77. The summed E-state index contributed by atoms with van der Waals surface area (Å²) in [7, 11) is 1.41. The molecule has 1 aromatic carbocycles. The quantitative estimate of drug-likeness (QED) is 0.869. The molecule has 3 rings (SSSR count). The fourth-order valence-electron chi connectivity index (χ4n) is 2.79. The Bertz CT molecular complexity index is 785. The summed E-state index contributed by atoms with van der Waals surface area (Å²) in [6, 6.07) is 4.59. The Balaban J connectivity index is 1.60. The van der Waals surface area contributed by atoms with Crippen molar-refractivity contribution in [2.24, 2.45) is 0 Å². The highest BCUT2D eigenvalue weighted by Crippen LogP contribution is 2.18. The summed E-state index contributed by atoms with van der Waals surface area (Å²) >= 11 is 0. The number of carbonyl (C=O) groups is 1. The molecule has 2 heterocycles. The van der Waals surface area contributed by atoms with Gasteiger partial charge in [-0.3, -0.25) is 4.79 Å². The summed E-state index contributed by atoms with van der Waals surface area (Å²) in [5, 5.41) is 11.1. The summed E-state index contributed by atoms with van der Waals surface area (Å²) in [6.07, 6.45) is 4.61. The maximum atomic E-state index is 13.6. The van der Waals surface area contributed by atoms with Crippen molar-refractivity contribution in [2.45, 2.75) is 32.4 Å². The number of nitrogens with zero attached hydrogens (tertiary/aromatic N) is 3. The number of nitrogens with one attached hydrogen (secondary N) is 1. The van der Waals surface area contributed by atoms with Crippen LogP contribution in [0, 0.1) is 12.7 Å². The van der Waals surface area contributed by atoms with Gasteiger partial charge in [0.15, 0.2) is 11.6 Å². The predicted octanol–water partition coefficient (Wildman–Crippen LogP) is 1.88. The van der Waals surface area contributed by atoms with Crippen molar-refractivity contribution in [2.75, 3.05) is 7.11 Å². The van der Waals surface area contributed by atoms with E-state index in [0.29, 0.717) is 12.1 Å². The molecule has 1 unspecified atom stereocenters. The zero-order chi connectivity index (χ0) is 17.1. The highest BCUT2D eigenvalue weighted by molar-refractivity contribution is 5.91. The lowest BCUT2D eigenvalue weighted by Crippen LogP contribution is -2.40. The minimum atomic E-state index is -0.456. The zero-order valence-electron chi connectivity index (χ0n) is 13.6. The Hall–Kier alpha value is -2.70. The molecule has 0 saturated heterocycles. The van der Waals surface area contributed by atoms with Crippen molar-refractivity contribution >= 4 is 12.0 Å². The van der Waals surface area contributed by atoms with E-state index in [-0.39, 0.29) is 17.7 Å². The minimum Gasteiger partial charge on any atom is -0.494 e. The van der Waals surface area contributed by atoms with Crippen LogP contribution in [0.25, 0.3) is 6.08 Å². The van der Waals surface area contributed by atoms with E-state index in [9.17, 15) is 9.18 Å². The number of aryl methyl sites for hydroxylation is 2. The van der Waals surface area contributed by atoms with Crippen LogP contribution in [-0.2, 0) is 17.8 Å². The van der Waals surface area contributed by atoms with Gasteiger partial charge >= 0.3 is 0 Å². The van der Waals surface area contributed by atoms with Gasteiger partial charge in [-0.05, 0) is 37.1 Å². The summed E-state index contributed by atoms with van der Waals surface area (Å²) < 4.78 is 20.5. The van der Waals surface area contributed by atoms with Crippen LogP contribution in [0.5, 0.6) is 5.75 Å². The molecule has 1 N–H and O–H groups in total. The van der Waals surface area contributed by atoms with E-state index in [1.54, 1.807) is 12.1 Å². The molecule has 0 aliphatic carbocycles. The smallest absolute Gasteiger partial charge is 0.244 e. The second-order valence-electron chi connectivity index (χ2n) is 5.75. The summed E-state index contributed by atoms with van der Waals surface area (Å²) in [5.41, 5.74) is 0.601. The molecule has 1 amide bonds. The number of methoxy groups -OCH3 is 1. The second kappa shape index (κ2) is 6.82. The van der Waals surface area contributed by atoms with Gasteiger partial charge in [0.2, 0.25) is 5.91 Å². The summed E-state index contributed by atoms with van der Waals surface area (Å²) in [6.45, 7) is 2.57. The monoisotopic (exact) mass is 330 g/mol. The lowest BCUT2D eigenvalue weighted by Gasteiger charge is -2.24. The van der Waals surface area contributed by atoms with Crippen molar-refractivity contribution in [1.29, 1.82) is 0 Å². The molecule has 1 aliphatic rings. The van der Waals surface area contributed by atoms with E-state index < -0.39 is 5.82 Å². The van der Waals surface area contributed by atoms with E-state index in [1.807, 2.05) is 11.5 Å². The van der Waals surface area contributed by atoms with Crippen LogP contribution in [0.15, 0.2) is 24.3 Å². The number of halogens is 1. The molecule has 1 atom stereocenters. The highest BCUT2D eigenvalue weighted by Gasteiger charge is 2.22. The standard InChI is InChI=1S/C17H19FN4O2/c1-11-20-21-16-7-5-13(10-22(11)16)19-17(23)8-4-12-3-6-15(24-2)14(18)9-12/h3-4,6,8-9,13H,5,7,10H2,1-2H3,(H,19,23)/b8-4+. The molecule has 7 heteroatoms. The topological polar surface area (TPSA) is 69.0 Å². The van der Waals surface area contributed by atoms with E-state index in [0.717, 1.165) is 24.5 Å². The summed E-state index contributed by atoms with van der Waals surface area (Å²) in [5.74, 6) is 1.34. The number of rotatable bonds is 4. The van der Waals surface area contributed by atoms with Gasteiger partial charge in [-0.25, -0.2) is 4.39 Å². The number of amides is 1. The molecule has 0 saturated carbocycles. The van der Waals surface area contributed by atoms with Crippen LogP contribution in [0.2, 0.25) is 0 Å². The van der Waals surface area contributed by atoms with Crippen molar-refractivity contribution in [3.8, 4) is 5.75 Å². The molecule has 1 aromatic heterocycles. The number of benzene rings is 1. The molecule has 0 fully saturated rings. The molecule has 0 bridgehead atoms. The molecule has 126 valence electrons. The lowest BCUT2D eigenvalue weighted by atomic mass is 10.1. The Kier molecular flexibility index (Phi) is 4.59. The van der Waals surface area contributed by atoms with Gasteiger partial charge in [-0.1, -0.05) is 6.07 Å². The average Bonchev–Trinajstić information content (AvgIpc) is 2.94. The van der Waals surface area contributed by atoms with Crippen LogP contribution in [0.4, 0.5) is 4.39 Å². The first-order chi connectivity index (χ1) is 11.6. The normalized spacial score (nSPS) is 16.9. The number of hydrogen-bond donors (Lipinski definition) is 1. The second-order valence-corrected chi connectivity index (χ2v) is 5.75. The Morgan fingerprint density at radius 1 is 1.46 bits per heavy atom. The largest absolute Gasteiger partial charge is 0.494 e. The van der Waals surface area contributed by atoms with Crippen molar-refractivity contribution in [1.82, 2.24) is 20.1 Å². The van der Waals surface area contributed by atoms with Crippen LogP contribution in [0.3, 0.4) is 0 Å². The van der Waals surface area contributed by atoms with E-state index in [2.05, 4.69) is 15.5 Å². The highest BCUT2D eigenvalue weighted by atomic mass is 19.1. The Labute approximate surface area is 139 Å². The third-order valence-corrected chi connectivity index (χ3v) is 4.08. The van der Waals surface area contributed by atoms with E-state index in [1.165, 1.54) is 25.3 Å². The molecular weight excluding hydrogens is 311 g/mol. The molecular formula is C17H19FN4O2. The molecule has 1 aliphatic heterocycles. The molecule has 0 radical (unpaired) electrons. The number of aromatic nitrogens is 3. The van der Waals surface area contributed by atoms with Gasteiger partial charge in [-0.15, -0.1) is 10.2 Å². The van der Waals surface area contributed by atoms with Crippen molar-refractivity contribution in [3.05, 3.63) is 47.3 Å². The molecule has 6 nitrogen and oxygen atoms in total. The molecule has 2 aromatic rings. The summed E-state index contributed by atoms with van der Waals surface area (Å²) in [4.78, 5) is 12.1. The van der Waals surface area contributed by atoms with Gasteiger partial charge in [0.05, 0.1) is 7.11 Å². The number of ether oxygens (including phenoxy) is 1. The van der Waals surface area contributed by atoms with Gasteiger partial charge in [0, 0.05) is 25.1 Å². The predicted molar refractivity (Wildman–Crippen MR) is 87.0 cm³/mol. The maximum absolute atomic E-state index is 13.6. The van der Waals surface area contributed by atoms with Crippen molar-refractivity contribution in [3.63, 3.8) is 0 Å². The van der Waals surface area contributed by atoms with Crippen LogP contribution < -0.4 is 10.1 Å². The van der Waals surface area contributed by atoms with Gasteiger partial charge in [-0.2, -0.15) is 0 Å². The zero-order valence-corrected chi connectivity index (χ0v) is 13.6. The van der Waals surface area contributed by atoms with Crippen LogP contribution in [-0.4, -0.2) is 33.8 Å². The fourth-order valence-corrected chi connectivity index (χ4v) is 2.79. The first kappa shape index (κ1) is 16.2. The Morgan fingerprint density at radius 3 is 3.04 bits per heavy atom. The van der Waals surface area contributed by atoms with Crippen molar-refractivity contribution < 1.29 is 13.9 Å². The third kappa shape index (κ3) is 3.45. The van der Waals surface area contributed by atoms with E-state index in [4.69, 9.17) is 4.74 Å². The SMILES string of the molecule is COc1ccc(/C=C/C(=O)NC2CCc3nnc(C)n3C2)cc1F. The van der Waals surface area contributed by atoms with E-state index >= 15 is 0 Å². The lowest BCUT2D eigenvalue weighted by molar-refractivity contribution is -0.117.